The van der Waals surface area contributed by atoms with Crippen LogP contribution in [0.4, 0.5) is 10.1 Å². The van der Waals surface area contributed by atoms with Gasteiger partial charge in [-0.05, 0) is 32.0 Å². The average molecular weight is 254 g/mol. The molecule has 1 rings (SSSR count). The first-order valence-corrected chi connectivity index (χ1v) is 5.74. The topological polar surface area (TPSA) is 46.3 Å². The number of rotatable bonds is 4. The van der Waals surface area contributed by atoms with Crippen molar-refractivity contribution in [1.82, 2.24) is 0 Å². The summed E-state index contributed by atoms with van der Waals surface area (Å²) < 4.78 is 13.1. The summed E-state index contributed by atoms with van der Waals surface area (Å²) in [6.45, 7) is 3.90. The summed E-state index contributed by atoms with van der Waals surface area (Å²) in [7, 11) is 0. The molecule has 1 unspecified atom stereocenters. The van der Waals surface area contributed by atoms with Gasteiger partial charge in [0.05, 0.1) is 10.9 Å². The Balaban J connectivity index is 3.00. The second-order valence-corrected chi connectivity index (χ2v) is 4.16. The molecule has 0 aliphatic rings. The highest BCUT2D eigenvalue weighted by molar-refractivity contribution is 7.80. The Hall–Kier alpha value is -1.49. The number of carbonyl (C=O) groups excluding carboxylic acids is 1. The molecule has 1 aromatic carbocycles. The van der Waals surface area contributed by atoms with Crippen molar-refractivity contribution in [3.8, 4) is 0 Å². The van der Waals surface area contributed by atoms with Crippen LogP contribution in [0.15, 0.2) is 24.3 Å². The van der Waals surface area contributed by atoms with E-state index in [1.165, 1.54) is 17.0 Å². The number of hydrogen-bond acceptors (Lipinski definition) is 2. The largest absolute Gasteiger partial charge is 0.393 e. The van der Waals surface area contributed by atoms with Crippen LogP contribution in [-0.4, -0.2) is 17.4 Å². The highest BCUT2D eigenvalue weighted by atomic mass is 32.1. The van der Waals surface area contributed by atoms with E-state index in [0.29, 0.717) is 12.2 Å². The Bertz CT molecular complexity index is 436. The van der Waals surface area contributed by atoms with Gasteiger partial charge in [0.1, 0.15) is 5.82 Å². The first-order valence-electron chi connectivity index (χ1n) is 5.33. The summed E-state index contributed by atoms with van der Waals surface area (Å²) in [6, 6.07) is 5.88. The third-order valence-corrected chi connectivity index (χ3v) is 2.85. The summed E-state index contributed by atoms with van der Waals surface area (Å²) in [6.07, 6.45) is 0. The lowest BCUT2D eigenvalue weighted by atomic mass is 10.1. The molecule has 0 aromatic heterocycles. The number of nitrogens with two attached hydrogens (primary N) is 1. The molecule has 0 spiro atoms. The minimum Gasteiger partial charge on any atom is -0.393 e. The molecule has 0 bridgehead atoms. The molecule has 1 aromatic rings. The van der Waals surface area contributed by atoms with Crippen LogP contribution < -0.4 is 10.6 Å². The van der Waals surface area contributed by atoms with Gasteiger partial charge in [-0.25, -0.2) is 4.39 Å². The standard InChI is InChI=1S/C12H15FN2OS/c1-3-15(12(16)8(2)11(14)17)10-6-4-5-9(13)7-10/h4-8H,3H2,1-2H3,(H2,14,17). The molecular formula is C12H15FN2OS. The lowest BCUT2D eigenvalue weighted by Crippen LogP contribution is -2.40. The molecule has 92 valence electrons. The van der Waals surface area contributed by atoms with Crippen LogP contribution in [-0.2, 0) is 4.79 Å². The van der Waals surface area contributed by atoms with E-state index in [1.807, 2.05) is 6.92 Å². The van der Waals surface area contributed by atoms with Gasteiger partial charge in [-0.2, -0.15) is 0 Å². The van der Waals surface area contributed by atoms with Gasteiger partial charge in [0.25, 0.3) is 0 Å². The van der Waals surface area contributed by atoms with Gasteiger partial charge < -0.3 is 10.6 Å². The van der Waals surface area contributed by atoms with Gasteiger partial charge in [0, 0.05) is 12.2 Å². The molecule has 0 aliphatic carbocycles. The molecule has 0 aliphatic heterocycles. The summed E-state index contributed by atoms with van der Waals surface area (Å²) >= 11 is 4.79. The predicted octanol–water partition coefficient (Wildman–Crippen LogP) is 2.10. The maximum absolute atomic E-state index is 13.1. The first kappa shape index (κ1) is 13.6. The van der Waals surface area contributed by atoms with Crippen molar-refractivity contribution in [3.05, 3.63) is 30.1 Å². The van der Waals surface area contributed by atoms with E-state index in [9.17, 15) is 9.18 Å². The number of anilines is 1. The Labute approximate surface area is 105 Å². The van der Waals surface area contributed by atoms with Crippen molar-refractivity contribution < 1.29 is 9.18 Å². The highest BCUT2D eigenvalue weighted by Crippen LogP contribution is 2.17. The minimum atomic E-state index is -0.548. The number of amides is 1. The maximum atomic E-state index is 13.1. The number of carbonyl (C=O) groups is 1. The molecule has 0 saturated heterocycles. The first-order chi connectivity index (χ1) is 7.97. The molecule has 0 heterocycles. The van der Waals surface area contributed by atoms with Gasteiger partial charge >= 0.3 is 0 Å². The molecule has 1 atom stereocenters. The monoisotopic (exact) mass is 254 g/mol. The molecule has 1 amide bonds. The SMILES string of the molecule is CCN(C(=O)C(C)C(N)=S)c1cccc(F)c1. The van der Waals surface area contributed by atoms with Crippen molar-refractivity contribution in [2.75, 3.05) is 11.4 Å². The van der Waals surface area contributed by atoms with Crippen molar-refractivity contribution in [2.24, 2.45) is 11.7 Å². The van der Waals surface area contributed by atoms with E-state index in [2.05, 4.69) is 0 Å². The van der Waals surface area contributed by atoms with E-state index in [0.717, 1.165) is 0 Å². The summed E-state index contributed by atoms with van der Waals surface area (Å²) in [4.78, 5) is 13.7. The van der Waals surface area contributed by atoms with Crippen molar-refractivity contribution in [1.29, 1.82) is 0 Å². The van der Waals surface area contributed by atoms with Crippen molar-refractivity contribution >= 4 is 28.8 Å². The van der Waals surface area contributed by atoms with Crippen LogP contribution in [0.3, 0.4) is 0 Å². The number of thiocarbonyl (C=S) groups is 1. The third kappa shape index (κ3) is 3.23. The molecule has 5 heteroatoms. The number of hydrogen-bond donors (Lipinski definition) is 1. The quantitative estimate of drug-likeness (QED) is 0.837. The van der Waals surface area contributed by atoms with Gasteiger partial charge in [0.15, 0.2) is 0 Å². The van der Waals surface area contributed by atoms with Crippen LogP contribution in [0.25, 0.3) is 0 Å². The second kappa shape index (κ2) is 5.72. The maximum Gasteiger partial charge on any atom is 0.236 e. The molecule has 0 radical (unpaired) electrons. The molecular weight excluding hydrogens is 239 g/mol. The Morgan fingerprint density at radius 2 is 2.24 bits per heavy atom. The zero-order chi connectivity index (χ0) is 13.0. The van der Waals surface area contributed by atoms with Gasteiger partial charge in [-0.1, -0.05) is 18.3 Å². The number of nitrogens with zero attached hydrogens (tertiary/aromatic N) is 1. The molecule has 0 fully saturated rings. The summed E-state index contributed by atoms with van der Waals surface area (Å²) in [5, 5.41) is 0. The molecule has 0 saturated carbocycles. The highest BCUT2D eigenvalue weighted by Gasteiger charge is 2.22. The van der Waals surface area contributed by atoms with Crippen LogP contribution in [0.2, 0.25) is 0 Å². The normalized spacial score (nSPS) is 11.9. The molecule has 3 nitrogen and oxygen atoms in total. The smallest absolute Gasteiger partial charge is 0.236 e. The fourth-order valence-electron chi connectivity index (χ4n) is 1.47. The van der Waals surface area contributed by atoms with Crippen LogP contribution in [0.1, 0.15) is 13.8 Å². The second-order valence-electron chi connectivity index (χ2n) is 3.69. The molecule has 2 N–H and O–H groups in total. The van der Waals surface area contributed by atoms with Crippen LogP contribution >= 0.6 is 12.2 Å². The molecule has 17 heavy (non-hydrogen) atoms. The Morgan fingerprint density at radius 3 is 2.71 bits per heavy atom. The number of benzene rings is 1. The van der Waals surface area contributed by atoms with Crippen molar-refractivity contribution in [3.63, 3.8) is 0 Å². The zero-order valence-electron chi connectivity index (χ0n) is 9.81. The Kier molecular flexibility index (Phi) is 4.57. The van der Waals surface area contributed by atoms with E-state index >= 15 is 0 Å². The van der Waals surface area contributed by atoms with E-state index in [4.69, 9.17) is 18.0 Å². The summed E-state index contributed by atoms with van der Waals surface area (Å²) in [5.41, 5.74) is 5.96. The van der Waals surface area contributed by atoms with E-state index < -0.39 is 5.92 Å². The average Bonchev–Trinajstić information content (AvgIpc) is 2.28. The fourth-order valence-corrected chi connectivity index (χ4v) is 1.57. The van der Waals surface area contributed by atoms with Gasteiger partial charge in [0.2, 0.25) is 5.91 Å². The van der Waals surface area contributed by atoms with E-state index in [-0.39, 0.29) is 16.7 Å². The Morgan fingerprint density at radius 1 is 1.59 bits per heavy atom. The lowest BCUT2D eigenvalue weighted by molar-refractivity contribution is -0.120. The predicted molar refractivity (Wildman–Crippen MR) is 70.4 cm³/mol. The zero-order valence-corrected chi connectivity index (χ0v) is 10.6. The minimum absolute atomic E-state index is 0.143. The van der Waals surface area contributed by atoms with E-state index in [1.54, 1.807) is 19.1 Å². The third-order valence-electron chi connectivity index (χ3n) is 2.50. The van der Waals surface area contributed by atoms with Crippen molar-refractivity contribution in [2.45, 2.75) is 13.8 Å². The fraction of sp³-hybridized carbons (Fsp3) is 0.333. The van der Waals surface area contributed by atoms with Crippen LogP contribution in [0.5, 0.6) is 0 Å². The van der Waals surface area contributed by atoms with Crippen LogP contribution in [0, 0.1) is 11.7 Å². The lowest BCUT2D eigenvalue weighted by Gasteiger charge is -2.24. The van der Waals surface area contributed by atoms with Gasteiger partial charge in [-0.3, -0.25) is 4.79 Å². The summed E-state index contributed by atoms with van der Waals surface area (Å²) in [5.74, 6) is -1.14. The van der Waals surface area contributed by atoms with Gasteiger partial charge in [-0.15, -0.1) is 0 Å². The number of halogens is 1.